The maximum atomic E-state index is 12.4. The summed E-state index contributed by atoms with van der Waals surface area (Å²) < 4.78 is 32.5. The van der Waals surface area contributed by atoms with Crippen LogP contribution in [0.25, 0.3) is 0 Å². The minimum Gasteiger partial charge on any atom is -0.484 e. The lowest BCUT2D eigenvalue weighted by atomic mass is 10.1. The van der Waals surface area contributed by atoms with E-state index in [1.165, 1.54) is 38.1 Å². The van der Waals surface area contributed by atoms with Crippen molar-refractivity contribution in [3.8, 4) is 5.75 Å². The fourth-order valence-electron chi connectivity index (χ4n) is 2.50. The lowest BCUT2D eigenvalue weighted by molar-refractivity contribution is -0.130. The van der Waals surface area contributed by atoms with Gasteiger partial charge in [-0.3, -0.25) is 25.2 Å². The number of nitrogens with one attached hydrogen (secondary N) is 4. The molecule has 0 aliphatic carbocycles. The first-order valence-corrected chi connectivity index (χ1v) is 11.1. The molecule has 0 aromatic heterocycles. The van der Waals surface area contributed by atoms with E-state index in [0.717, 1.165) is 11.1 Å². The summed E-state index contributed by atoms with van der Waals surface area (Å²) in [6.45, 7) is 6.21. The monoisotopic (exact) mass is 462 g/mol. The van der Waals surface area contributed by atoms with E-state index in [-0.39, 0.29) is 17.4 Å². The minimum absolute atomic E-state index is 0.0860. The second-order valence-electron chi connectivity index (χ2n) is 7.12. The predicted molar refractivity (Wildman–Crippen MR) is 118 cm³/mol. The summed E-state index contributed by atoms with van der Waals surface area (Å²) in [5, 5.41) is 2.53. The van der Waals surface area contributed by atoms with Crippen LogP contribution in [0.5, 0.6) is 5.75 Å². The number of ether oxygens (including phenoxy) is 1. The van der Waals surface area contributed by atoms with Crippen LogP contribution in [-0.4, -0.2) is 38.8 Å². The van der Waals surface area contributed by atoms with Gasteiger partial charge in [-0.15, -0.1) is 0 Å². The van der Waals surface area contributed by atoms with Crippen molar-refractivity contribution in [2.75, 3.05) is 11.9 Å². The topological polar surface area (TPSA) is 143 Å². The van der Waals surface area contributed by atoms with Crippen LogP contribution in [0.3, 0.4) is 0 Å². The second kappa shape index (κ2) is 10.7. The van der Waals surface area contributed by atoms with Crippen LogP contribution < -0.4 is 25.6 Å². The molecule has 0 unspecified atom stereocenters. The highest BCUT2D eigenvalue weighted by atomic mass is 32.2. The molecule has 172 valence electrons. The van der Waals surface area contributed by atoms with Crippen molar-refractivity contribution in [1.82, 2.24) is 15.6 Å². The van der Waals surface area contributed by atoms with Gasteiger partial charge in [0.25, 0.3) is 11.8 Å². The first kappa shape index (κ1) is 24.8. The van der Waals surface area contributed by atoms with Crippen molar-refractivity contribution in [1.29, 1.82) is 0 Å². The van der Waals surface area contributed by atoms with Crippen LogP contribution in [0.15, 0.2) is 47.4 Å². The molecule has 0 saturated heterocycles. The number of aryl methyl sites for hydroxylation is 2. The van der Waals surface area contributed by atoms with Gasteiger partial charge in [0.15, 0.2) is 6.61 Å². The van der Waals surface area contributed by atoms with Crippen molar-refractivity contribution < 1.29 is 27.5 Å². The van der Waals surface area contributed by atoms with E-state index < -0.39 is 27.9 Å². The molecule has 11 heteroatoms. The largest absolute Gasteiger partial charge is 0.484 e. The zero-order valence-electron chi connectivity index (χ0n) is 18.2. The van der Waals surface area contributed by atoms with E-state index in [1.54, 1.807) is 12.1 Å². The molecule has 0 fully saturated rings. The molecule has 0 aliphatic rings. The molecule has 3 amide bonds. The third kappa shape index (κ3) is 7.36. The number of anilines is 1. The van der Waals surface area contributed by atoms with Crippen LogP contribution in [0, 0.1) is 13.8 Å². The summed E-state index contributed by atoms with van der Waals surface area (Å²) in [6, 6.07) is 9.66. The zero-order chi connectivity index (χ0) is 23.9. The normalized spacial score (nSPS) is 11.9. The fraction of sp³-hybridized carbons (Fsp3) is 0.286. The molecule has 2 aromatic carbocycles. The van der Waals surface area contributed by atoms with Crippen molar-refractivity contribution >= 4 is 33.4 Å². The molecule has 2 rings (SSSR count). The Kier molecular flexibility index (Phi) is 8.33. The number of rotatable bonds is 8. The van der Waals surface area contributed by atoms with Crippen LogP contribution >= 0.6 is 0 Å². The molecule has 2 aromatic rings. The Hall–Kier alpha value is -3.44. The van der Waals surface area contributed by atoms with E-state index in [2.05, 4.69) is 20.9 Å². The van der Waals surface area contributed by atoms with Gasteiger partial charge in [0, 0.05) is 12.6 Å². The number of hydrogen-bond acceptors (Lipinski definition) is 6. The molecule has 0 spiro atoms. The molecule has 0 heterocycles. The summed E-state index contributed by atoms with van der Waals surface area (Å²) in [7, 11) is -4.00. The van der Waals surface area contributed by atoms with E-state index in [9.17, 15) is 22.8 Å². The Bertz CT molecular complexity index is 1100. The van der Waals surface area contributed by atoms with Gasteiger partial charge >= 0.3 is 0 Å². The Morgan fingerprint density at radius 1 is 0.969 bits per heavy atom. The van der Waals surface area contributed by atoms with Crippen molar-refractivity contribution in [3.63, 3.8) is 0 Å². The molecular weight excluding hydrogens is 436 g/mol. The predicted octanol–water partition coefficient (Wildman–Crippen LogP) is 1.16. The fourth-order valence-corrected chi connectivity index (χ4v) is 3.71. The lowest BCUT2D eigenvalue weighted by Gasteiger charge is -2.15. The van der Waals surface area contributed by atoms with Crippen molar-refractivity contribution in [2.24, 2.45) is 0 Å². The van der Waals surface area contributed by atoms with Gasteiger partial charge in [-0.25, -0.2) is 8.42 Å². The Morgan fingerprint density at radius 2 is 1.62 bits per heavy atom. The van der Waals surface area contributed by atoms with Crippen LogP contribution in [-0.2, 0) is 24.4 Å². The second-order valence-corrected chi connectivity index (χ2v) is 8.83. The van der Waals surface area contributed by atoms with Gasteiger partial charge in [-0.2, -0.15) is 4.72 Å². The Balaban J connectivity index is 1.84. The van der Waals surface area contributed by atoms with Gasteiger partial charge in [-0.05, 0) is 68.3 Å². The SMILES string of the molecule is CC(=O)Nc1ccc(S(=O)(=O)N[C@H](C)C(=O)NNC(=O)COc2ccc(C)c(C)c2)cc1. The molecule has 10 nitrogen and oxygen atoms in total. The van der Waals surface area contributed by atoms with Gasteiger partial charge in [0.2, 0.25) is 15.9 Å². The first-order valence-electron chi connectivity index (χ1n) is 9.66. The molecule has 0 radical (unpaired) electrons. The highest BCUT2D eigenvalue weighted by Crippen LogP contribution is 2.16. The van der Waals surface area contributed by atoms with Gasteiger partial charge in [0.1, 0.15) is 5.75 Å². The molecule has 4 N–H and O–H groups in total. The van der Waals surface area contributed by atoms with E-state index in [1.807, 2.05) is 19.9 Å². The summed E-state index contributed by atoms with van der Waals surface area (Å²) >= 11 is 0. The number of hydrazine groups is 1. The summed E-state index contributed by atoms with van der Waals surface area (Å²) in [5.41, 5.74) is 6.87. The van der Waals surface area contributed by atoms with Crippen LogP contribution in [0.4, 0.5) is 5.69 Å². The molecule has 0 saturated carbocycles. The number of carbonyl (C=O) groups excluding carboxylic acids is 3. The highest BCUT2D eigenvalue weighted by Gasteiger charge is 2.22. The van der Waals surface area contributed by atoms with Gasteiger partial charge < -0.3 is 10.1 Å². The minimum atomic E-state index is -4.00. The van der Waals surface area contributed by atoms with E-state index >= 15 is 0 Å². The first-order chi connectivity index (χ1) is 15.0. The number of hydrogen-bond donors (Lipinski definition) is 4. The third-order valence-corrected chi connectivity index (χ3v) is 5.94. The zero-order valence-corrected chi connectivity index (χ0v) is 19.0. The van der Waals surface area contributed by atoms with Gasteiger partial charge in [-0.1, -0.05) is 6.07 Å². The third-order valence-electron chi connectivity index (χ3n) is 4.38. The molecule has 32 heavy (non-hydrogen) atoms. The number of sulfonamides is 1. The van der Waals surface area contributed by atoms with Crippen LogP contribution in [0.1, 0.15) is 25.0 Å². The molecule has 1 atom stereocenters. The average molecular weight is 463 g/mol. The smallest absolute Gasteiger partial charge is 0.276 e. The maximum absolute atomic E-state index is 12.4. The van der Waals surface area contributed by atoms with E-state index in [4.69, 9.17) is 4.74 Å². The molecule has 0 aliphatic heterocycles. The van der Waals surface area contributed by atoms with Crippen molar-refractivity contribution in [3.05, 3.63) is 53.6 Å². The van der Waals surface area contributed by atoms with Crippen LogP contribution in [0.2, 0.25) is 0 Å². The molecule has 0 bridgehead atoms. The van der Waals surface area contributed by atoms with E-state index in [0.29, 0.717) is 11.4 Å². The number of amides is 3. The molecular formula is C21H26N4O6S. The lowest BCUT2D eigenvalue weighted by Crippen LogP contribution is -2.51. The van der Waals surface area contributed by atoms with Crippen molar-refractivity contribution in [2.45, 2.75) is 38.6 Å². The highest BCUT2D eigenvalue weighted by molar-refractivity contribution is 7.89. The quantitative estimate of drug-likeness (QED) is 0.434. The average Bonchev–Trinajstić information content (AvgIpc) is 2.72. The summed E-state index contributed by atoms with van der Waals surface area (Å²) in [6.07, 6.45) is 0. The number of carbonyl (C=O) groups is 3. The summed E-state index contributed by atoms with van der Waals surface area (Å²) in [5.74, 6) is -1.14. The Labute approximate surface area is 186 Å². The standard InChI is InChI=1S/C21H26N4O6S/c1-13-5-8-18(11-14(13)2)31-12-20(27)23-24-21(28)15(3)25-32(29,30)19-9-6-17(7-10-19)22-16(4)26/h5-11,15,25H,12H2,1-4H3,(H,22,26)(H,23,27)(H,24,28)/t15-/m1/s1. The summed E-state index contributed by atoms with van der Waals surface area (Å²) in [4.78, 5) is 35.0. The van der Waals surface area contributed by atoms with Gasteiger partial charge in [0.05, 0.1) is 10.9 Å². The Morgan fingerprint density at radius 3 is 2.22 bits per heavy atom. The maximum Gasteiger partial charge on any atom is 0.276 e. The number of benzene rings is 2.